The van der Waals surface area contributed by atoms with Crippen molar-refractivity contribution in [2.45, 2.75) is 40.0 Å². The van der Waals surface area contributed by atoms with Crippen LogP contribution < -0.4 is 5.32 Å². The third-order valence-electron chi connectivity index (χ3n) is 8.66. The molecule has 0 saturated heterocycles. The summed E-state index contributed by atoms with van der Waals surface area (Å²) in [6.45, 7) is 6.35. The molecule has 2 atom stereocenters. The second kappa shape index (κ2) is 9.91. The second-order valence-corrected chi connectivity index (χ2v) is 11.5. The lowest BCUT2D eigenvalue weighted by molar-refractivity contribution is -0.130. The first-order valence-electron chi connectivity index (χ1n) is 12.6. The number of nitrogens with zero attached hydrogens (tertiary/aromatic N) is 3. The number of hydrogen-bond acceptors (Lipinski definition) is 6. The van der Waals surface area contributed by atoms with Crippen LogP contribution >= 0.6 is 15.9 Å². The molecule has 3 aromatic rings. The monoisotopic (exact) mass is 572 g/mol. The standard InChI is InChI=1S/C30H29BrN4O3/c1-28(2)29(3)17-18-30(28,19-25(29)35-38-26(36)23-11-7-8-12-24(23)31)27(37)32-20-13-15-22(16-14-20)34-33-21-9-5-4-6-10-21/h4-16H,17-19H2,1-3H3,(H,32,37)/b34-33?,35-25+. The van der Waals surface area contributed by atoms with Gasteiger partial charge in [0.15, 0.2) is 0 Å². The van der Waals surface area contributed by atoms with E-state index in [-0.39, 0.29) is 16.7 Å². The highest BCUT2D eigenvalue weighted by Crippen LogP contribution is 2.71. The highest BCUT2D eigenvalue weighted by molar-refractivity contribution is 9.10. The van der Waals surface area contributed by atoms with Crippen molar-refractivity contribution in [1.29, 1.82) is 0 Å². The lowest BCUT2D eigenvalue weighted by atomic mass is 9.64. The third kappa shape index (κ3) is 4.36. The van der Waals surface area contributed by atoms with Crippen LogP contribution in [0.2, 0.25) is 0 Å². The molecule has 0 aliphatic heterocycles. The molecular weight excluding hydrogens is 544 g/mol. The molecule has 7 nitrogen and oxygen atoms in total. The molecular formula is C30H29BrN4O3. The number of rotatable bonds is 6. The molecule has 2 saturated carbocycles. The maximum atomic E-state index is 13.8. The third-order valence-corrected chi connectivity index (χ3v) is 9.35. The van der Waals surface area contributed by atoms with E-state index >= 15 is 0 Å². The van der Waals surface area contributed by atoms with Gasteiger partial charge in [-0.15, -0.1) is 0 Å². The number of amides is 1. The normalized spacial score (nSPS) is 24.6. The van der Waals surface area contributed by atoms with Gasteiger partial charge in [-0.1, -0.05) is 56.3 Å². The smallest absolute Gasteiger partial charge is 0.326 e. The zero-order valence-corrected chi connectivity index (χ0v) is 23.2. The predicted molar refractivity (Wildman–Crippen MR) is 151 cm³/mol. The van der Waals surface area contributed by atoms with Gasteiger partial charge < -0.3 is 10.2 Å². The van der Waals surface area contributed by atoms with Crippen LogP contribution in [0, 0.1) is 16.2 Å². The van der Waals surface area contributed by atoms with Gasteiger partial charge in [-0.3, -0.25) is 4.79 Å². The predicted octanol–water partition coefficient (Wildman–Crippen LogP) is 8.23. The maximum absolute atomic E-state index is 13.8. The van der Waals surface area contributed by atoms with Crippen molar-refractivity contribution < 1.29 is 14.4 Å². The van der Waals surface area contributed by atoms with E-state index in [0.717, 1.165) is 24.2 Å². The van der Waals surface area contributed by atoms with E-state index in [1.165, 1.54) is 0 Å². The number of halogens is 1. The molecule has 2 aliphatic rings. The first kappa shape index (κ1) is 26.0. The molecule has 2 aliphatic carbocycles. The summed E-state index contributed by atoms with van der Waals surface area (Å²) >= 11 is 3.38. The summed E-state index contributed by atoms with van der Waals surface area (Å²) in [7, 11) is 0. The van der Waals surface area contributed by atoms with Crippen molar-refractivity contribution in [1.82, 2.24) is 0 Å². The number of carbonyl (C=O) groups excluding carboxylic acids is 2. The van der Waals surface area contributed by atoms with Gasteiger partial charge in [-0.05, 0) is 82.7 Å². The molecule has 5 rings (SSSR count). The first-order valence-corrected chi connectivity index (χ1v) is 13.4. The van der Waals surface area contributed by atoms with Crippen molar-refractivity contribution in [3.05, 3.63) is 88.9 Å². The van der Waals surface area contributed by atoms with Crippen LogP contribution in [0.4, 0.5) is 17.1 Å². The van der Waals surface area contributed by atoms with Crippen LogP contribution in [0.1, 0.15) is 50.4 Å². The van der Waals surface area contributed by atoms with E-state index < -0.39 is 11.4 Å². The van der Waals surface area contributed by atoms with Gasteiger partial charge in [-0.2, -0.15) is 10.2 Å². The molecule has 1 N–H and O–H groups in total. The highest BCUT2D eigenvalue weighted by Gasteiger charge is 2.71. The number of hydrogen-bond donors (Lipinski definition) is 1. The number of fused-ring (bicyclic) bond motifs is 2. The Morgan fingerprint density at radius 1 is 0.842 bits per heavy atom. The molecule has 38 heavy (non-hydrogen) atoms. The lowest BCUT2D eigenvalue weighted by Crippen LogP contribution is -2.43. The van der Waals surface area contributed by atoms with E-state index in [1.54, 1.807) is 18.2 Å². The summed E-state index contributed by atoms with van der Waals surface area (Å²) in [5.74, 6) is -0.579. The Kier molecular flexibility index (Phi) is 6.77. The molecule has 3 aromatic carbocycles. The Labute approximate surface area is 230 Å². The second-order valence-electron chi connectivity index (χ2n) is 10.6. The van der Waals surface area contributed by atoms with Gasteiger partial charge in [0.1, 0.15) is 0 Å². The average Bonchev–Trinajstić information content (AvgIpc) is 3.23. The minimum atomic E-state index is -0.661. The number of benzene rings is 3. The van der Waals surface area contributed by atoms with Crippen molar-refractivity contribution in [2.75, 3.05) is 5.32 Å². The fourth-order valence-corrected chi connectivity index (χ4v) is 6.21. The SMILES string of the molecule is CC12CCC(C(=O)Nc3ccc(N=Nc4ccccc4)cc3)(C/C1=N\OC(=O)c1ccccc1Br)C2(C)C. The maximum Gasteiger partial charge on any atom is 0.366 e. The van der Waals surface area contributed by atoms with Crippen LogP contribution in [-0.2, 0) is 9.63 Å². The van der Waals surface area contributed by atoms with Gasteiger partial charge >= 0.3 is 5.97 Å². The van der Waals surface area contributed by atoms with E-state index in [4.69, 9.17) is 4.84 Å². The Morgan fingerprint density at radius 3 is 2.16 bits per heavy atom. The van der Waals surface area contributed by atoms with Crippen molar-refractivity contribution in [3.8, 4) is 0 Å². The minimum absolute atomic E-state index is 0.0489. The van der Waals surface area contributed by atoms with Crippen LogP contribution in [0.5, 0.6) is 0 Å². The number of oxime groups is 1. The van der Waals surface area contributed by atoms with E-state index in [1.807, 2.05) is 60.7 Å². The molecule has 2 bridgehead atoms. The molecule has 0 heterocycles. The van der Waals surface area contributed by atoms with Gasteiger partial charge in [0, 0.05) is 22.0 Å². The Hall–Kier alpha value is -3.65. The molecule has 0 spiro atoms. The molecule has 1 amide bonds. The summed E-state index contributed by atoms with van der Waals surface area (Å²) in [4.78, 5) is 31.8. The number of anilines is 1. The zero-order chi connectivity index (χ0) is 27.0. The zero-order valence-electron chi connectivity index (χ0n) is 21.6. The Bertz CT molecular complexity index is 1440. The van der Waals surface area contributed by atoms with Gasteiger partial charge in [0.25, 0.3) is 0 Å². The molecule has 8 heteroatoms. The van der Waals surface area contributed by atoms with Crippen LogP contribution in [0.3, 0.4) is 0 Å². The van der Waals surface area contributed by atoms with Crippen LogP contribution in [-0.4, -0.2) is 17.6 Å². The fourth-order valence-electron chi connectivity index (χ4n) is 5.77. The average molecular weight is 573 g/mol. The summed E-state index contributed by atoms with van der Waals surface area (Å²) in [5.41, 5.74) is 1.92. The first-order chi connectivity index (χ1) is 18.2. The Morgan fingerprint density at radius 2 is 1.47 bits per heavy atom. The fraction of sp³-hybridized carbons (Fsp3) is 0.300. The van der Waals surface area contributed by atoms with Crippen molar-refractivity contribution >= 4 is 50.6 Å². The molecule has 2 unspecified atom stereocenters. The number of nitrogens with one attached hydrogen (secondary N) is 1. The largest absolute Gasteiger partial charge is 0.366 e. The Balaban J connectivity index is 1.31. The molecule has 0 aromatic heterocycles. The van der Waals surface area contributed by atoms with E-state index in [0.29, 0.717) is 27.8 Å². The number of azo groups is 1. The molecule has 2 fully saturated rings. The molecule has 194 valence electrons. The summed E-state index contributed by atoms with van der Waals surface area (Å²) in [6.07, 6.45) is 1.97. The van der Waals surface area contributed by atoms with E-state index in [2.05, 4.69) is 57.4 Å². The van der Waals surface area contributed by atoms with Crippen LogP contribution in [0.25, 0.3) is 0 Å². The summed E-state index contributed by atoms with van der Waals surface area (Å²) in [6, 6.07) is 23.9. The quantitative estimate of drug-likeness (QED) is 0.183. The van der Waals surface area contributed by atoms with Crippen LogP contribution in [0.15, 0.2) is 98.7 Å². The number of carbonyl (C=O) groups is 2. The van der Waals surface area contributed by atoms with E-state index in [9.17, 15) is 9.59 Å². The van der Waals surface area contributed by atoms with Gasteiger partial charge in [-0.25, -0.2) is 4.79 Å². The highest BCUT2D eigenvalue weighted by atomic mass is 79.9. The topological polar surface area (TPSA) is 92.5 Å². The van der Waals surface area contributed by atoms with Gasteiger partial charge in [0.05, 0.1) is 28.1 Å². The minimum Gasteiger partial charge on any atom is -0.326 e. The summed E-state index contributed by atoms with van der Waals surface area (Å²) in [5, 5.41) is 15.9. The lowest BCUT2D eigenvalue weighted by Gasteiger charge is -2.39. The summed E-state index contributed by atoms with van der Waals surface area (Å²) < 4.78 is 0.646. The van der Waals surface area contributed by atoms with Crippen molar-refractivity contribution in [3.63, 3.8) is 0 Å². The molecule has 0 radical (unpaired) electrons. The van der Waals surface area contributed by atoms with Crippen molar-refractivity contribution in [2.24, 2.45) is 31.6 Å². The van der Waals surface area contributed by atoms with Gasteiger partial charge in [0.2, 0.25) is 5.91 Å².